The third kappa shape index (κ3) is 3.18. The number of halogens is 1. The molecule has 0 radical (unpaired) electrons. The van der Waals surface area contributed by atoms with Gasteiger partial charge in [0.25, 0.3) is 5.91 Å². The van der Waals surface area contributed by atoms with Crippen molar-refractivity contribution in [2.24, 2.45) is 0 Å². The third-order valence-electron chi connectivity index (χ3n) is 2.63. The van der Waals surface area contributed by atoms with Crippen molar-refractivity contribution in [3.8, 4) is 0 Å². The fraction of sp³-hybridized carbons (Fsp3) is 0.143. The predicted octanol–water partition coefficient (Wildman–Crippen LogP) is 3.53. The molecular formula is C14H12ClNO3S. The van der Waals surface area contributed by atoms with Gasteiger partial charge >= 0.3 is 5.97 Å². The Balaban J connectivity index is 2.19. The van der Waals surface area contributed by atoms with Crippen molar-refractivity contribution in [1.82, 2.24) is 0 Å². The lowest BCUT2D eigenvalue weighted by molar-refractivity contribution is 0.0607. The number of esters is 1. The average Bonchev–Trinajstić information content (AvgIpc) is 2.94. The highest BCUT2D eigenvalue weighted by molar-refractivity contribution is 7.12. The smallest absolute Gasteiger partial charge is 0.350 e. The first kappa shape index (κ1) is 14.6. The second kappa shape index (κ2) is 6.54. The molecule has 6 heteroatoms. The van der Waals surface area contributed by atoms with E-state index in [1.54, 1.807) is 29.6 Å². The summed E-state index contributed by atoms with van der Waals surface area (Å²) in [6.45, 7) is 0. The largest absolute Gasteiger partial charge is 0.465 e. The summed E-state index contributed by atoms with van der Waals surface area (Å²) in [5.74, 6) is -0.419. The lowest BCUT2D eigenvalue weighted by Gasteiger charge is -2.06. The maximum absolute atomic E-state index is 12.1. The molecule has 4 nitrogen and oxygen atoms in total. The van der Waals surface area contributed by atoms with Gasteiger partial charge in [-0.05, 0) is 29.1 Å². The molecular weight excluding hydrogens is 298 g/mol. The summed E-state index contributed by atoms with van der Waals surface area (Å²) in [5.41, 5.74) is 1.80. The molecule has 1 aromatic heterocycles. The molecule has 20 heavy (non-hydrogen) atoms. The minimum absolute atomic E-state index is 0.291. The number of carbonyl (C=O) groups is 2. The Morgan fingerprint density at radius 2 is 2.15 bits per heavy atom. The summed E-state index contributed by atoms with van der Waals surface area (Å²) in [5, 5.41) is 4.42. The number of thiophene rings is 1. The van der Waals surface area contributed by atoms with Crippen molar-refractivity contribution in [1.29, 1.82) is 0 Å². The van der Waals surface area contributed by atoms with Crippen LogP contribution in [0.3, 0.4) is 0 Å². The zero-order valence-corrected chi connectivity index (χ0v) is 12.3. The fourth-order valence-electron chi connectivity index (χ4n) is 1.65. The Labute approximate surface area is 125 Å². The van der Waals surface area contributed by atoms with Crippen molar-refractivity contribution < 1.29 is 14.3 Å². The van der Waals surface area contributed by atoms with Crippen LogP contribution in [0, 0.1) is 0 Å². The maximum Gasteiger partial charge on any atom is 0.350 e. The fourth-order valence-corrected chi connectivity index (χ4v) is 2.58. The van der Waals surface area contributed by atoms with Crippen LogP contribution in [0.5, 0.6) is 0 Å². The summed E-state index contributed by atoms with van der Waals surface area (Å²) in [6.07, 6.45) is 0. The van der Waals surface area contributed by atoms with Gasteiger partial charge in [-0.2, -0.15) is 0 Å². The summed E-state index contributed by atoms with van der Waals surface area (Å²) < 4.78 is 4.66. The highest BCUT2D eigenvalue weighted by atomic mass is 35.5. The van der Waals surface area contributed by atoms with E-state index in [2.05, 4.69) is 10.1 Å². The first-order valence-corrected chi connectivity index (χ1v) is 7.19. The zero-order chi connectivity index (χ0) is 14.5. The number of methoxy groups -OCH3 is 1. The molecule has 0 spiro atoms. The zero-order valence-electron chi connectivity index (χ0n) is 10.7. The van der Waals surface area contributed by atoms with E-state index in [0.717, 1.165) is 5.56 Å². The Bertz CT molecular complexity index is 639. The molecule has 0 aliphatic heterocycles. The number of carbonyl (C=O) groups excluding carboxylic acids is 2. The van der Waals surface area contributed by atoms with Crippen LogP contribution >= 0.6 is 22.9 Å². The van der Waals surface area contributed by atoms with E-state index in [-0.39, 0.29) is 5.91 Å². The Kier molecular flexibility index (Phi) is 4.76. The van der Waals surface area contributed by atoms with Gasteiger partial charge < -0.3 is 10.1 Å². The van der Waals surface area contributed by atoms with Crippen molar-refractivity contribution in [3.05, 3.63) is 51.7 Å². The minimum atomic E-state index is -0.468. The third-order valence-corrected chi connectivity index (χ3v) is 3.83. The number of anilines is 1. The highest BCUT2D eigenvalue weighted by Crippen LogP contribution is 2.23. The van der Waals surface area contributed by atoms with Gasteiger partial charge in [-0.25, -0.2) is 4.79 Å². The van der Waals surface area contributed by atoms with E-state index in [0.29, 0.717) is 22.0 Å². The molecule has 0 unspecified atom stereocenters. The van der Waals surface area contributed by atoms with Crippen LogP contribution in [-0.4, -0.2) is 19.0 Å². The highest BCUT2D eigenvalue weighted by Gasteiger charge is 2.16. The molecule has 0 aliphatic rings. The number of alkyl halides is 1. The Hall–Kier alpha value is -1.85. The first-order chi connectivity index (χ1) is 9.65. The summed E-state index contributed by atoms with van der Waals surface area (Å²) in [4.78, 5) is 24.0. The molecule has 0 aliphatic carbocycles. The Morgan fingerprint density at radius 3 is 2.85 bits per heavy atom. The van der Waals surface area contributed by atoms with Gasteiger partial charge in [0.2, 0.25) is 0 Å². The number of benzene rings is 1. The lowest BCUT2D eigenvalue weighted by Crippen LogP contribution is -2.14. The molecule has 1 amide bonds. The van der Waals surface area contributed by atoms with Crippen molar-refractivity contribution in [3.63, 3.8) is 0 Å². The van der Waals surface area contributed by atoms with Gasteiger partial charge in [0, 0.05) is 11.4 Å². The molecule has 0 fully saturated rings. The van der Waals surface area contributed by atoms with E-state index in [4.69, 9.17) is 11.6 Å². The van der Waals surface area contributed by atoms with Crippen molar-refractivity contribution in [2.45, 2.75) is 5.88 Å². The molecule has 104 valence electrons. The standard InChI is InChI=1S/C14H12ClNO3S/c1-19-14(18)12-11(5-6-20-12)16-13(17)10-4-2-3-9(7-10)8-15/h2-7H,8H2,1H3,(H,16,17). The number of hydrogen-bond acceptors (Lipinski definition) is 4. The van der Waals surface area contributed by atoms with Gasteiger partial charge in [0.15, 0.2) is 0 Å². The summed E-state index contributed by atoms with van der Waals surface area (Å²) in [6, 6.07) is 8.68. The summed E-state index contributed by atoms with van der Waals surface area (Å²) in [7, 11) is 1.30. The van der Waals surface area contributed by atoms with E-state index in [1.165, 1.54) is 18.4 Å². The normalized spacial score (nSPS) is 10.1. The number of amides is 1. The Morgan fingerprint density at radius 1 is 1.35 bits per heavy atom. The second-order valence-electron chi connectivity index (χ2n) is 3.94. The number of rotatable bonds is 4. The van der Waals surface area contributed by atoms with E-state index in [9.17, 15) is 9.59 Å². The maximum atomic E-state index is 12.1. The van der Waals surface area contributed by atoms with Crippen LogP contribution in [0.15, 0.2) is 35.7 Å². The lowest BCUT2D eigenvalue weighted by atomic mass is 10.1. The SMILES string of the molecule is COC(=O)c1sccc1NC(=O)c1cccc(CCl)c1. The topological polar surface area (TPSA) is 55.4 Å². The molecule has 1 heterocycles. The number of ether oxygens (including phenoxy) is 1. The molecule has 0 bridgehead atoms. The molecule has 1 N–H and O–H groups in total. The van der Waals surface area contributed by atoms with Gasteiger partial charge in [0.05, 0.1) is 12.8 Å². The monoisotopic (exact) mass is 309 g/mol. The van der Waals surface area contributed by atoms with E-state index >= 15 is 0 Å². The van der Waals surface area contributed by atoms with Crippen LogP contribution in [0.1, 0.15) is 25.6 Å². The predicted molar refractivity (Wildman–Crippen MR) is 79.6 cm³/mol. The average molecular weight is 310 g/mol. The van der Waals surface area contributed by atoms with Crippen LogP contribution in [0.2, 0.25) is 0 Å². The minimum Gasteiger partial charge on any atom is -0.465 e. The summed E-state index contributed by atoms with van der Waals surface area (Å²) >= 11 is 6.96. The first-order valence-electron chi connectivity index (χ1n) is 5.77. The molecule has 0 saturated heterocycles. The quantitative estimate of drug-likeness (QED) is 0.694. The van der Waals surface area contributed by atoms with Crippen LogP contribution < -0.4 is 5.32 Å². The number of nitrogens with one attached hydrogen (secondary N) is 1. The molecule has 0 atom stereocenters. The van der Waals surface area contributed by atoms with Crippen molar-refractivity contribution in [2.75, 3.05) is 12.4 Å². The number of hydrogen-bond donors (Lipinski definition) is 1. The van der Waals surface area contributed by atoms with E-state index in [1.807, 2.05) is 6.07 Å². The molecule has 2 aromatic rings. The molecule has 2 rings (SSSR count). The van der Waals surface area contributed by atoms with Crippen LogP contribution in [-0.2, 0) is 10.6 Å². The van der Waals surface area contributed by atoms with Gasteiger partial charge in [-0.3, -0.25) is 4.79 Å². The van der Waals surface area contributed by atoms with Gasteiger partial charge in [-0.15, -0.1) is 22.9 Å². The van der Waals surface area contributed by atoms with Gasteiger partial charge in [0.1, 0.15) is 4.88 Å². The van der Waals surface area contributed by atoms with E-state index < -0.39 is 5.97 Å². The second-order valence-corrected chi connectivity index (χ2v) is 5.13. The van der Waals surface area contributed by atoms with Gasteiger partial charge in [-0.1, -0.05) is 12.1 Å². The molecule has 0 saturated carbocycles. The van der Waals surface area contributed by atoms with Crippen LogP contribution in [0.4, 0.5) is 5.69 Å². The van der Waals surface area contributed by atoms with Crippen molar-refractivity contribution >= 4 is 40.5 Å². The van der Waals surface area contributed by atoms with Crippen LogP contribution in [0.25, 0.3) is 0 Å². The molecule has 1 aromatic carbocycles.